The van der Waals surface area contributed by atoms with Crippen LogP contribution in [0.1, 0.15) is 17.1 Å². The van der Waals surface area contributed by atoms with E-state index in [4.69, 9.17) is 44.2 Å². The van der Waals surface area contributed by atoms with Crippen molar-refractivity contribution in [2.24, 2.45) is 10.8 Å². The Labute approximate surface area is 269 Å². The van der Waals surface area contributed by atoms with Gasteiger partial charge in [-0.15, -0.1) is 0 Å². The Morgan fingerprint density at radius 2 is 1.00 bits per heavy atom. The Hall–Kier alpha value is -6.08. The minimum Gasteiger partial charge on any atom is -0.497 e. The second-order valence-electron chi connectivity index (χ2n) is 9.48. The molecular weight excluding hydrogens is 606 g/mol. The lowest BCUT2D eigenvalue weighted by atomic mass is 10.1. The van der Waals surface area contributed by atoms with Crippen LogP contribution in [0.25, 0.3) is 44.4 Å². The summed E-state index contributed by atoms with van der Waals surface area (Å²) in [6.07, 6.45) is 0. The van der Waals surface area contributed by atoms with Gasteiger partial charge in [-0.05, 0) is 78.3 Å². The molecule has 47 heavy (non-hydrogen) atoms. The average molecular weight is 640 g/mol. The van der Waals surface area contributed by atoms with Crippen molar-refractivity contribution < 1.29 is 32.9 Å². The zero-order valence-corrected chi connectivity index (χ0v) is 25.9. The predicted molar refractivity (Wildman–Crippen MR) is 172 cm³/mol. The molecule has 0 radical (unpaired) electrons. The number of hydrogen-bond donors (Lipinski definition) is 2. The Balaban J connectivity index is 0.000000160. The first kappa shape index (κ1) is 33.8. The fourth-order valence-electron chi connectivity index (χ4n) is 3.96. The molecular formula is C33H33N7O7. The third kappa shape index (κ3) is 9.70. The van der Waals surface area contributed by atoms with Crippen LogP contribution in [0.3, 0.4) is 0 Å². The molecule has 3 heterocycles. The van der Waals surface area contributed by atoms with Crippen LogP contribution >= 0.6 is 0 Å². The Morgan fingerprint density at radius 3 is 1.32 bits per heavy atom. The van der Waals surface area contributed by atoms with E-state index in [1.165, 1.54) is 0 Å². The number of hydrogen-bond acceptors (Lipinski definition) is 12. The van der Waals surface area contributed by atoms with Crippen LogP contribution in [-0.2, 0) is 19.7 Å². The van der Waals surface area contributed by atoms with E-state index in [0.29, 0.717) is 29.5 Å². The summed E-state index contributed by atoms with van der Waals surface area (Å²) < 4.78 is 30.5. The number of aliphatic hydroxyl groups excluding tert-OH is 1. The largest absolute Gasteiger partial charge is 0.497 e. The van der Waals surface area contributed by atoms with Crippen LogP contribution < -0.4 is 19.9 Å². The smallest absolute Gasteiger partial charge is 0.167 e. The first-order valence-electron chi connectivity index (χ1n) is 14.1. The Morgan fingerprint density at radius 1 is 0.638 bits per heavy atom. The normalized spacial score (nSPS) is 10.1. The van der Waals surface area contributed by atoms with Crippen molar-refractivity contribution in [1.29, 1.82) is 0 Å². The van der Waals surface area contributed by atoms with Crippen molar-refractivity contribution in [3.05, 3.63) is 119 Å². The molecule has 0 amide bonds. The molecule has 0 aliphatic rings. The summed E-state index contributed by atoms with van der Waals surface area (Å²) in [7, 11) is 4.87. The molecule has 0 aliphatic carbocycles. The quantitative estimate of drug-likeness (QED) is 0.0905. The van der Waals surface area contributed by atoms with Crippen LogP contribution in [0, 0.1) is 0 Å². The maximum absolute atomic E-state index is 8.84. The van der Waals surface area contributed by atoms with Crippen LogP contribution in [0.2, 0.25) is 0 Å². The van der Waals surface area contributed by atoms with Gasteiger partial charge in [0.1, 0.15) is 22.9 Å². The number of methoxy groups -OCH3 is 3. The minimum absolute atomic E-state index is 0.111. The Kier molecular flexibility index (Phi) is 12.5. The maximum Gasteiger partial charge on any atom is 0.167 e. The summed E-state index contributed by atoms with van der Waals surface area (Å²) in [6.45, 7) is 0.468. The number of aromatic nitrogens is 3. The highest BCUT2D eigenvalue weighted by Crippen LogP contribution is 2.25. The summed E-state index contributed by atoms with van der Waals surface area (Å²) in [5, 5.41) is 23.6. The second-order valence-corrected chi connectivity index (χ2v) is 9.48. The average Bonchev–Trinajstić information content (AvgIpc) is 3.93. The molecule has 3 N–H and O–H groups in total. The molecule has 14 nitrogen and oxygen atoms in total. The minimum atomic E-state index is -0.111. The van der Waals surface area contributed by atoms with Gasteiger partial charge in [0.2, 0.25) is 0 Å². The van der Waals surface area contributed by atoms with Gasteiger partial charge in [0.15, 0.2) is 17.3 Å². The number of azide groups is 1. The van der Waals surface area contributed by atoms with Gasteiger partial charge in [-0.3, -0.25) is 0 Å². The summed E-state index contributed by atoms with van der Waals surface area (Å²) in [5.41, 5.74) is 18.3. The zero-order chi connectivity index (χ0) is 33.4. The summed E-state index contributed by atoms with van der Waals surface area (Å²) >= 11 is 0. The fourth-order valence-corrected chi connectivity index (χ4v) is 3.96. The number of rotatable bonds is 10. The lowest BCUT2D eigenvalue weighted by Crippen LogP contribution is -1.94. The predicted octanol–water partition coefficient (Wildman–Crippen LogP) is 6.81. The molecule has 0 unspecified atom stereocenters. The van der Waals surface area contributed by atoms with E-state index >= 15 is 0 Å². The molecule has 6 aromatic rings. The Bertz CT molecular complexity index is 1760. The second kappa shape index (κ2) is 17.4. The molecule has 3 aromatic heterocycles. The number of ether oxygens (including phenoxy) is 3. The molecule has 0 spiro atoms. The van der Waals surface area contributed by atoms with Gasteiger partial charge < -0.3 is 38.6 Å². The molecule has 0 aliphatic heterocycles. The number of nitrogens with two attached hydrogens (primary N) is 1. The maximum atomic E-state index is 8.84. The van der Waals surface area contributed by atoms with E-state index in [0.717, 1.165) is 45.4 Å². The molecule has 242 valence electrons. The molecule has 14 heteroatoms. The lowest BCUT2D eigenvalue weighted by molar-refractivity contribution is 0.267. The van der Waals surface area contributed by atoms with E-state index in [1.807, 2.05) is 78.9 Å². The van der Waals surface area contributed by atoms with Gasteiger partial charge in [-0.1, -0.05) is 20.6 Å². The van der Waals surface area contributed by atoms with Crippen molar-refractivity contribution in [3.8, 4) is 51.2 Å². The van der Waals surface area contributed by atoms with Gasteiger partial charge in [-0.2, -0.15) is 0 Å². The van der Waals surface area contributed by atoms with E-state index in [9.17, 15) is 0 Å². The van der Waals surface area contributed by atoms with Gasteiger partial charge in [0, 0.05) is 46.3 Å². The van der Waals surface area contributed by atoms with E-state index in [-0.39, 0.29) is 13.2 Å². The third-order valence-electron chi connectivity index (χ3n) is 6.47. The lowest BCUT2D eigenvalue weighted by Gasteiger charge is -1.99. The number of aliphatic hydroxyl groups is 1. The van der Waals surface area contributed by atoms with Crippen LogP contribution in [-0.4, -0.2) is 41.9 Å². The monoisotopic (exact) mass is 639 g/mol. The fraction of sp³-hybridized carbons (Fsp3) is 0.182. The first-order chi connectivity index (χ1) is 23.0. The third-order valence-corrected chi connectivity index (χ3v) is 6.47. The molecule has 0 saturated carbocycles. The van der Waals surface area contributed by atoms with Gasteiger partial charge >= 0.3 is 0 Å². The molecule has 3 aromatic carbocycles. The summed E-state index contributed by atoms with van der Waals surface area (Å²) in [4.78, 5) is 2.66. The topological polar surface area (TPSA) is 201 Å². The standard InChI is InChI=1S/C11H10N4O2.C11H12N2O2.C11H11NO3/c1-16-10-4-2-8(3-5-10)11-6-9(14-17-11)7-13-15-12;1-14-10-4-2-8(3-5-10)11-6-9(7-12)13-15-11;1-14-10-4-2-8(3-5-10)11-6-9(7-13)12-15-11/h2-6H,7H2,1H3;2-6H,7,12H2,1H3;2-6,13H,7H2,1H3. The molecule has 0 bridgehead atoms. The van der Waals surface area contributed by atoms with Crippen LogP contribution in [0.4, 0.5) is 0 Å². The molecule has 6 rings (SSSR count). The van der Waals surface area contributed by atoms with Gasteiger partial charge in [0.25, 0.3) is 0 Å². The van der Waals surface area contributed by atoms with Crippen molar-refractivity contribution in [2.45, 2.75) is 19.7 Å². The number of benzene rings is 3. The summed E-state index contributed by atoms with van der Waals surface area (Å²) in [5.74, 6) is 4.39. The summed E-state index contributed by atoms with van der Waals surface area (Å²) in [6, 6.07) is 27.7. The van der Waals surface area contributed by atoms with Crippen molar-refractivity contribution >= 4 is 0 Å². The molecule has 0 fully saturated rings. The highest BCUT2D eigenvalue weighted by atomic mass is 16.5. The van der Waals surface area contributed by atoms with Crippen LogP contribution in [0.15, 0.2) is 110 Å². The zero-order valence-electron chi connectivity index (χ0n) is 25.9. The SMILES string of the molecule is COc1ccc(-c2cc(CN)no2)cc1.COc1ccc(-c2cc(CN=[N+]=[N-])no2)cc1.COc1ccc(-c2cc(CO)no2)cc1. The first-order valence-corrected chi connectivity index (χ1v) is 14.1. The van der Waals surface area contributed by atoms with Gasteiger partial charge in [0.05, 0.1) is 45.9 Å². The highest BCUT2D eigenvalue weighted by Gasteiger charge is 2.08. The van der Waals surface area contributed by atoms with Gasteiger partial charge in [-0.25, -0.2) is 0 Å². The number of nitrogens with zero attached hydrogens (tertiary/aromatic N) is 6. The van der Waals surface area contributed by atoms with Crippen molar-refractivity contribution in [1.82, 2.24) is 15.5 Å². The van der Waals surface area contributed by atoms with E-state index in [2.05, 4.69) is 25.5 Å². The van der Waals surface area contributed by atoms with Crippen molar-refractivity contribution in [3.63, 3.8) is 0 Å². The van der Waals surface area contributed by atoms with E-state index < -0.39 is 0 Å². The van der Waals surface area contributed by atoms with Crippen LogP contribution in [0.5, 0.6) is 17.2 Å². The highest BCUT2D eigenvalue weighted by molar-refractivity contribution is 5.60. The molecule has 0 saturated heterocycles. The molecule has 0 atom stereocenters. The van der Waals surface area contributed by atoms with E-state index in [1.54, 1.807) is 33.5 Å². The van der Waals surface area contributed by atoms with Crippen molar-refractivity contribution in [2.75, 3.05) is 21.3 Å².